The number of para-hydroxylation sites is 1. The molecule has 0 aliphatic carbocycles. The molecule has 1 amide bonds. The molecule has 100 valence electrons. The van der Waals surface area contributed by atoms with Crippen molar-refractivity contribution in [2.24, 2.45) is 0 Å². The van der Waals surface area contributed by atoms with Gasteiger partial charge in [-0.3, -0.25) is 4.79 Å². The van der Waals surface area contributed by atoms with Gasteiger partial charge in [0, 0.05) is 26.4 Å². The van der Waals surface area contributed by atoms with E-state index in [4.69, 9.17) is 4.74 Å². The van der Waals surface area contributed by atoms with Crippen LogP contribution in [0.25, 0.3) is 0 Å². The molecule has 1 aromatic rings. The third-order valence-corrected chi connectivity index (χ3v) is 2.93. The van der Waals surface area contributed by atoms with Crippen molar-refractivity contribution in [3.63, 3.8) is 0 Å². The molecule has 0 bridgehead atoms. The Kier molecular flexibility index (Phi) is 5.82. The van der Waals surface area contributed by atoms with Gasteiger partial charge in [0.15, 0.2) is 0 Å². The van der Waals surface area contributed by atoms with Crippen LogP contribution in [0, 0.1) is 6.92 Å². The van der Waals surface area contributed by atoms with E-state index in [9.17, 15) is 4.79 Å². The number of carbonyl (C=O) groups is 1. The summed E-state index contributed by atoms with van der Waals surface area (Å²) in [6.45, 7) is 5.14. The van der Waals surface area contributed by atoms with Gasteiger partial charge < -0.3 is 15.0 Å². The number of hydrogen-bond donors (Lipinski definition) is 1. The number of hydrogen-bond acceptors (Lipinski definition) is 3. The van der Waals surface area contributed by atoms with Crippen LogP contribution in [0.15, 0.2) is 24.3 Å². The van der Waals surface area contributed by atoms with Crippen LogP contribution in [-0.4, -0.2) is 39.3 Å². The van der Waals surface area contributed by atoms with E-state index >= 15 is 0 Å². The van der Waals surface area contributed by atoms with Crippen LogP contribution in [0.2, 0.25) is 0 Å². The predicted molar refractivity (Wildman–Crippen MR) is 73.9 cm³/mol. The summed E-state index contributed by atoms with van der Waals surface area (Å²) in [4.78, 5) is 13.9. The van der Waals surface area contributed by atoms with Gasteiger partial charge in [-0.25, -0.2) is 0 Å². The zero-order valence-corrected chi connectivity index (χ0v) is 11.6. The number of amides is 1. The molecule has 0 saturated carbocycles. The Morgan fingerprint density at radius 3 is 2.72 bits per heavy atom. The van der Waals surface area contributed by atoms with Crippen molar-refractivity contribution in [2.75, 3.05) is 32.2 Å². The predicted octanol–water partition coefficient (Wildman–Crippen LogP) is 1.58. The topological polar surface area (TPSA) is 41.6 Å². The zero-order valence-electron chi connectivity index (χ0n) is 11.6. The Morgan fingerprint density at radius 2 is 2.11 bits per heavy atom. The number of benzene rings is 1. The first-order valence-corrected chi connectivity index (χ1v) is 6.13. The van der Waals surface area contributed by atoms with Gasteiger partial charge in [-0.2, -0.15) is 0 Å². The number of carbonyl (C=O) groups excluding carboxylic acids is 1. The number of nitrogens with one attached hydrogen (secondary N) is 1. The van der Waals surface area contributed by atoms with Gasteiger partial charge in [0.25, 0.3) is 0 Å². The lowest BCUT2D eigenvalue weighted by Gasteiger charge is -2.23. The fourth-order valence-electron chi connectivity index (χ4n) is 1.81. The van der Waals surface area contributed by atoms with Gasteiger partial charge in [-0.05, 0) is 25.5 Å². The van der Waals surface area contributed by atoms with E-state index in [1.807, 2.05) is 38.1 Å². The molecule has 0 aliphatic heterocycles. The minimum Gasteiger partial charge on any atom is -0.383 e. The number of rotatable bonds is 6. The summed E-state index contributed by atoms with van der Waals surface area (Å²) >= 11 is 0. The Balaban J connectivity index is 2.63. The molecular formula is C14H22N2O2. The van der Waals surface area contributed by atoms with Crippen molar-refractivity contribution in [1.29, 1.82) is 0 Å². The normalized spacial score (nSPS) is 12.2. The molecule has 0 aromatic heterocycles. The SMILES string of the molecule is COCCNC(C)C(=O)N(C)c1ccccc1C. The van der Waals surface area contributed by atoms with Gasteiger partial charge in [0.2, 0.25) is 5.91 Å². The number of anilines is 1. The van der Waals surface area contributed by atoms with Crippen LogP contribution in [-0.2, 0) is 9.53 Å². The summed E-state index contributed by atoms with van der Waals surface area (Å²) in [7, 11) is 3.45. The Morgan fingerprint density at radius 1 is 1.44 bits per heavy atom. The maximum absolute atomic E-state index is 12.2. The van der Waals surface area contributed by atoms with Crippen LogP contribution >= 0.6 is 0 Å². The van der Waals surface area contributed by atoms with Gasteiger partial charge in [0.1, 0.15) is 0 Å². The van der Waals surface area contributed by atoms with Crippen LogP contribution in [0.5, 0.6) is 0 Å². The molecule has 1 unspecified atom stereocenters. The lowest BCUT2D eigenvalue weighted by Crippen LogP contribution is -2.44. The maximum Gasteiger partial charge on any atom is 0.243 e. The highest BCUT2D eigenvalue weighted by Gasteiger charge is 2.18. The molecule has 1 N–H and O–H groups in total. The standard InChI is InChI=1S/C14H22N2O2/c1-11-7-5-6-8-13(11)16(3)14(17)12(2)15-9-10-18-4/h5-8,12,15H,9-10H2,1-4H3. The maximum atomic E-state index is 12.2. The Labute approximate surface area is 109 Å². The highest BCUT2D eigenvalue weighted by Crippen LogP contribution is 2.18. The molecule has 4 heteroatoms. The number of nitrogens with zero attached hydrogens (tertiary/aromatic N) is 1. The lowest BCUT2D eigenvalue weighted by molar-refractivity contribution is -0.120. The fraction of sp³-hybridized carbons (Fsp3) is 0.500. The van der Waals surface area contributed by atoms with Crippen molar-refractivity contribution in [2.45, 2.75) is 19.9 Å². The number of aryl methyl sites for hydroxylation is 1. The summed E-state index contributed by atoms with van der Waals surface area (Å²) in [6, 6.07) is 7.65. The van der Waals surface area contributed by atoms with Crippen molar-refractivity contribution < 1.29 is 9.53 Å². The van der Waals surface area contributed by atoms with E-state index in [1.54, 1.807) is 19.1 Å². The van der Waals surface area contributed by atoms with Crippen LogP contribution in [0.1, 0.15) is 12.5 Å². The molecule has 0 spiro atoms. The third-order valence-electron chi connectivity index (χ3n) is 2.93. The van der Waals surface area contributed by atoms with E-state index in [-0.39, 0.29) is 11.9 Å². The van der Waals surface area contributed by atoms with E-state index in [2.05, 4.69) is 5.32 Å². The second-order valence-corrected chi connectivity index (χ2v) is 4.35. The molecule has 1 atom stereocenters. The van der Waals surface area contributed by atoms with Crippen LogP contribution in [0.3, 0.4) is 0 Å². The average molecular weight is 250 g/mol. The summed E-state index contributed by atoms with van der Waals surface area (Å²) in [5.74, 6) is 0.0559. The Bertz CT molecular complexity index is 393. The quantitative estimate of drug-likeness (QED) is 0.779. The van der Waals surface area contributed by atoms with Crippen molar-refractivity contribution in [3.05, 3.63) is 29.8 Å². The molecule has 0 heterocycles. The monoisotopic (exact) mass is 250 g/mol. The largest absolute Gasteiger partial charge is 0.383 e. The highest BCUT2D eigenvalue weighted by atomic mass is 16.5. The molecule has 1 aromatic carbocycles. The molecule has 0 saturated heterocycles. The van der Waals surface area contributed by atoms with E-state index < -0.39 is 0 Å². The third kappa shape index (κ3) is 3.82. The molecular weight excluding hydrogens is 228 g/mol. The first-order valence-electron chi connectivity index (χ1n) is 6.13. The first kappa shape index (κ1) is 14.7. The zero-order chi connectivity index (χ0) is 13.5. The highest BCUT2D eigenvalue weighted by molar-refractivity contribution is 5.97. The molecule has 0 aliphatic rings. The van der Waals surface area contributed by atoms with Crippen molar-refractivity contribution >= 4 is 11.6 Å². The average Bonchev–Trinajstić information content (AvgIpc) is 2.38. The number of likely N-dealkylation sites (N-methyl/N-ethyl adjacent to an activating group) is 1. The minimum atomic E-state index is -0.218. The van der Waals surface area contributed by atoms with Crippen molar-refractivity contribution in [3.8, 4) is 0 Å². The second-order valence-electron chi connectivity index (χ2n) is 4.35. The molecule has 0 fully saturated rings. The van der Waals surface area contributed by atoms with Gasteiger partial charge in [-0.1, -0.05) is 18.2 Å². The summed E-state index contributed by atoms with van der Waals surface area (Å²) in [6.07, 6.45) is 0. The van der Waals surface area contributed by atoms with E-state index in [0.29, 0.717) is 13.2 Å². The summed E-state index contributed by atoms with van der Waals surface area (Å²) in [5, 5.41) is 3.14. The van der Waals surface area contributed by atoms with Gasteiger partial charge >= 0.3 is 0 Å². The molecule has 1 rings (SSSR count). The fourth-order valence-corrected chi connectivity index (χ4v) is 1.81. The van der Waals surface area contributed by atoms with E-state index in [1.165, 1.54) is 0 Å². The number of ether oxygens (including phenoxy) is 1. The molecule has 0 radical (unpaired) electrons. The smallest absolute Gasteiger partial charge is 0.243 e. The first-order chi connectivity index (χ1) is 8.57. The second kappa shape index (κ2) is 7.13. The minimum absolute atomic E-state index is 0.0559. The number of methoxy groups -OCH3 is 1. The van der Waals surface area contributed by atoms with Crippen molar-refractivity contribution in [1.82, 2.24) is 5.32 Å². The Hall–Kier alpha value is -1.39. The van der Waals surface area contributed by atoms with Gasteiger partial charge in [0.05, 0.1) is 12.6 Å². The van der Waals surface area contributed by atoms with Crippen LogP contribution < -0.4 is 10.2 Å². The summed E-state index contributed by atoms with van der Waals surface area (Å²) in [5.41, 5.74) is 2.04. The van der Waals surface area contributed by atoms with Gasteiger partial charge in [-0.15, -0.1) is 0 Å². The molecule has 18 heavy (non-hydrogen) atoms. The summed E-state index contributed by atoms with van der Waals surface area (Å²) < 4.78 is 4.95. The van der Waals surface area contributed by atoms with E-state index in [0.717, 1.165) is 11.3 Å². The van der Waals surface area contributed by atoms with Crippen LogP contribution in [0.4, 0.5) is 5.69 Å². The lowest BCUT2D eigenvalue weighted by atomic mass is 10.1. The molecule has 4 nitrogen and oxygen atoms in total.